The summed E-state index contributed by atoms with van der Waals surface area (Å²) in [4.78, 5) is 10.5. The van der Waals surface area contributed by atoms with Crippen molar-refractivity contribution in [2.24, 2.45) is 5.41 Å². The van der Waals surface area contributed by atoms with Crippen LogP contribution in [0.5, 0.6) is 0 Å². The SMILES string of the molecule is Cc1nc(N)cc(N(C)CC2(CO)CCCC2)n1. The van der Waals surface area contributed by atoms with Gasteiger partial charge in [0, 0.05) is 25.1 Å². The van der Waals surface area contributed by atoms with E-state index in [0.717, 1.165) is 25.2 Å². The monoisotopic (exact) mass is 250 g/mol. The highest BCUT2D eigenvalue weighted by Crippen LogP contribution is 2.38. The maximum atomic E-state index is 9.64. The Morgan fingerprint density at radius 2 is 2.06 bits per heavy atom. The molecule has 100 valence electrons. The molecule has 0 aromatic carbocycles. The Balaban J connectivity index is 2.13. The van der Waals surface area contributed by atoms with E-state index in [1.165, 1.54) is 12.8 Å². The van der Waals surface area contributed by atoms with Gasteiger partial charge in [0.05, 0.1) is 6.61 Å². The molecule has 0 aliphatic heterocycles. The average Bonchev–Trinajstić information content (AvgIpc) is 2.77. The highest BCUT2D eigenvalue weighted by atomic mass is 16.3. The summed E-state index contributed by atoms with van der Waals surface area (Å²) in [6.07, 6.45) is 4.60. The van der Waals surface area contributed by atoms with Gasteiger partial charge in [-0.1, -0.05) is 12.8 Å². The van der Waals surface area contributed by atoms with Crippen molar-refractivity contribution in [2.75, 3.05) is 30.8 Å². The summed E-state index contributed by atoms with van der Waals surface area (Å²) in [5.74, 6) is 2.01. The van der Waals surface area contributed by atoms with Gasteiger partial charge in [-0.05, 0) is 19.8 Å². The third-order valence-corrected chi connectivity index (χ3v) is 3.81. The summed E-state index contributed by atoms with van der Waals surface area (Å²) in [7, 11) is 2.00. The Bertz CT molecular complexity index is 395. The van der Waals surface area contributed by atoms with E-state index in [0.29, 0.717) is 11.6 Å². The molecule has 1 heterocycles. The van der Waals surface area contributed by atoms with Crippen LogP contribution in [0, 0.1) is 12.3 Å². The second-order valence-corrected chi connectivity index (χ2v) is 5.42. The number of hydrogen-bond acceptors (Lipinski definition) is 5. The number of rotatable bonds is 4. The number of aliphatic hydroxyl groups excluding tert-OH is 1. The molecule has 5 nitrogen and oxygen atoms in total. The van der Waals surface area contributed by atoms with Crippen LogP contribution in [0.2, 0.25) is 0 Å². The number of nitrogens with zero attached hydrogens (tertiary/aromatic N) is 3. The summed E-state index contributed by atoms with van der Waals surface area (Å²) < 4.78 is 0. The van der Waals surface area contributed by atoms with Crippen molar-refractivity contribution in [1.29, 1.82) is 0 Å². The molecule has 2 rings (SSSR count). The highest BCUT2D eigenvalue weighted by Gasteiger charge is 2.34. The number of nitrogen functional groups attached to an aromatic ring is 1. The van der Waals surface area contributed by atoms with Crippen molar-refractivity contribution in [3.8, 4) is 0 Å². The number of aromatic nitrogens is 2. The smallest absolute Gasteiger partial charge is 0.134 e. The van der Waals surface area contributed by atoms with E-state index in [2.05, 4.69) is 14.9 Å². The largest absolute Gasteiger partial charge is 0.396 e. The van der Waals surface area contributed by atoms with E-state index in [4.69, 9.17) is 5.73 Å². The lowest BCUT2D eigenvalue weighted by Crippen LogP contribution is -2.37. The zero-order valence-electron chi connectivity index (χ0n) is 11.2. The first-order valence-corrected chi connectivity index (χ1v) is 6.48. The van der Waals surface area contributed by atoms with Crippen LogP contribution >= 0.6 is 0 Å². The second kappa shape index (κ2) is 5.10. The minimum absolute atomic E-state index is 0.0301. The predicted molar refractivity (Wildman–Crippen MR) is 72.4 cm³/mol. The van der Waals surface area contributed by atoms with Crippen LogP contribution in [0.3, 0.4) is 0 Å². The van der Waals surface area contributed by atoms with Gasteiger partial charge in [0.1, 0.15) is 17.5 Å². The van der Waals surface area contributed by atoms with E-state index in [1.807, 2.05) is 14.0 Å². The summed E-state index contributed by atoms with van der Waals surface area (Å²) >= 11 is 0. The van der Waals surface area contributed by atoms with Crippen molar-refractivity contribution in [2.45, 2.75) is 32.6 Å². The van der Waals surface area contributed by atoms with Gasteiger partial charge in [-0.3, -0.25) is 0 Å². The van der Waals surface area contributed by atoms with E-state index in [1.54, 1.807) is 6.07 Å². The van der Waals surface area contributed by atoms with Crippen molar-refractivity contribution in [3.63, 3.8) is 0 Å². The predicted octanol–water partition coefficient (Wildman–Crippen LogP) is 1.36. The molecule has 1 fully saturated rings. The molecule has 1 aromatic rings. The minimum Gasteiger partial charge on any atom is -0.396 e. The molecule has 1 saturated carbocycles. The van der Waals surface area contributed by atoms with E-state index in [9.17, 15) is 5.11 Å². The molecule has 0 bridgehead atoms. The second-order valence-electron chi connectivity index (χ2n) is 5.42. The third-order valence-electron chi connectivity index (χ3n) is 3.81. The molecule has 0 saturated heterocycles. The quantitative estimate of drug-likeness (QED) is 0.844. The molecule has 0 spiro atoms. The lowest BCUT2D eigenvalue weighted by Gasteiger charge is -2.32. The number of aliphatic hydroxyl groups is 1. The Hall–Kier alpha value is -1.36. The third kappa shape index (κ3) is 2.72. The van der Waals surface area contributed by atoms with Crippen molar-refractivity contribution in [3.05, 3.63) is 11.9 Å². The number of aryl methyl sites for hydroxylation is 1. The molecule has 0 amide bonds. The normalized spacial score (nSPS) is 17.9. The van der Waals surface area contributed by atoms with Crippen molar-refractivity contribution in [1.82, 2.24) is 9.97 Å². The number of anilines is 2. The first-order valence-electron chi connectivity index (χ1n) is 6.48. The van der Waals surface area contributed by atoms with E-state index in [-0.39, 0.29) is 12.0 Å². The van der Waals surface area contributed by atoms with Crippen LogP contribution in [0.15, 0.2) is 6.07 Å². The van der Waals surface area contributed by atoms with Crippen LogP contribution in [0.4, 0.5) is 11.6 Å². The number of nitrogens with two attached hydrogens (primary N) is 1. The number of hydrogen-bond donors (Lipinski definition) is 2. The van der Waals surface area contributed by atoms with Crippen molar-refractivity contribution >= 4 is 11.6 Å². The zero-order chi connectivity index (χ0) is 13.2. The summed E-state index contributed by atoms with van der Waals surface area (Å²) in [6.45, 7) is 2.90. The zero-order valence-corrected chi connectivity index (χ0v) is 11.2. The van der Waals surface area contributed by atoms with Crippen LogP contribution in [-0.4, -0.2) is 35.3 Å². The maximum Gasteiger partial charge on any atom is 0.134 e. The van der Waals surface area contributed by atoms with Gasteiger partial charge in [-0.25, -0.2) is 9.97 Å². The van der Waals surface area contributed by atoms with Gasteiger partial charge in [0.2, 0.25) is 0 Å². The molecular formula is C13H22N4O. The van der Waals surface area contributed by atoms with E-state index < -0.39 is 0 Å². The van der Waals surface area contributed by atoms with Crippen LogP contribution < -0.4 is 10.6 Å². The van der Waals surface area contributed by atoms with Gasteiger partial charge < -0.3 is 15.7 Å². The molecule has 1 aliphatic rings. The highest BCUT2D eigenvalue weighted by molar-refractivity contribution is 5.46. The average molecular weight is 250 g/mol. The fourth-order valence-corrected chi connectivity index (χ4v) is 2.85. The van der Waals surface area contributed by atoms with Crippen LogP contribution in [-0.2, 0) is 0 Å². The summed E-state index contributed by atoms with van der Waals surface area (Å²) in [5, 5.41) is 9.64. The molecular weight excluding hydrogens is 228 g/mol. The van der Waals surface area contributed by atoms with Crippen molar-refractivity contribution < 1.29 is 5.11 Å². The van der Waals surface area contributed by atoms with Gasteiger partial charge >= 0.3 is 0 Å². The van der Waals surface area contributed by atoms with Gasteiger partial charge in [-0.15, -0.1) is 0 Å². The summed E-state index contributed by atoms with van der Waals surface area (Å²) in [5.41, 5.74) is 5.77. The van der Waals surface area contributed by atoms with Gasteiger partial charge in [0.15, 0.2) is 0 Å². The Morgan fingerprint density at radius 3 is 2.61 bits per heavy atom. The molecule has 5 heteroatoms. The maximum absolute atomic E-state index is 9.64. The standard InChI is InChI=1S/C13H22N4O/c1-10-15-11(14)7-12(16-10)17(2)8-13(9-18)5-3-4-6-13/h7,18H,3-6,8-9H2,1-2H3,(H2,14,15,16). The molecule has 1 aliphatic carbocycles. The Morgan fingerprint density at radius 1 is 1.39 bits per heavy atom. The Kier molecular flexibility index (Phi) is 3.71. The lowest BCUT2D eigenvalue weighted by atomic mass is 9.87. The molecule has 1 aromatic heterocycles. The fraction of sp³-hybridized carbons (Fsp3) is 0.692. The van der Waals surface area contributed by atoms with Gasteiger partial charge in [-0.2, -0.15) is 0 Å². The fourth-order valence-electron chi connectivity index (χ4n) is 2.85. The molecule has 0 unspecified atom stereocenters. The molecule has 18 heavy (non-hydrogen) atoms. The first kappa shape index (κ1) is 13.1. The van der Waals surface area contributed by atoms with Crippen LogP contribution in [0.25, 0.3) is 0 Å². The summed E-state index contributed by atoms with van der Waals surface area (Å²) in [6, 6.07) is 1.78. The first-order chi connectivity index (χ1) is 8.54. The minimum atomic E-state index is 0.0301. The topological polar surface area (TPSA) is 75.3 Å². The lowest BCUT2D eigenvalue weighted by molar-refractivity contribution is 0.136. The Labute approximate surface area is 108 Å². The molecule has 3 N–H and O–H groups in total. The van der Waals surface area contributed by atoms with Gasteiger partial charge in [0.25, 0.3) is 0 Å². The van der Waals surface area contributed by atoms with E-state index >= 15 is 0 Å². The molecule has 0 atom stereocenters. The van der Waals surface area contributed by atoms with Crippen LogP contribution in [0.1, 0.15) is 31.5 Å². The molecule has 0 radical (unpaired) electrons.